The average Bonchev–Trinajstić information content (AvgIpc) is 2.95. The van der Waals surface area contributed by atoms with Crippen LogP contribution in [0.1, 0.15) is 57.6 Å². The molecule has 0 radical (unpaired) electrons. The Labute approximate surface area is 123 Å². The first-order valence-corrected chi connectivity index (χ1v) is 8.28. The number of nitrogens with zero attached hydrogens (tertiary/aromatic N) is 1. The minimum atomic E-state index is 0.440. The van der Waals surface area contributed by atoms with Gasteiger partial charge in [-0.2, -0.15) is 0 Å². The second-order valence-corrected chi connectivity index (χ2v) is 6.79. The van der Waals surface area contributed by atoms with E-state index < -0.39 is 0 Å². The van der Waals surface area contributed by atoms with Gasteiger partial charge >= 0.3 is 0 Å². The van der Waals surface area contributed by atoms with Crippen LogP contribution >= 0.6 is 0 Å². The maximum absolute atomic E-state index is 3.77. The lowest BCUT2D eigenvalue weighted by molar-refractivity contribution is 0.0212. The van der Waals surface area contributed by atoms with Crippen molar-refractivity contribution in [1.82, 2.24) is 10.2 Å². The molecule has 0 amide bonds. The predicted molar refractivity (Wildman–Crippen MR) is 84.8 cm³/mol. The van der Waals surface area contributed by atoms with Crippen LogP contribution in [0, 0.1) is 0 Å². The van der Waals surface area contributed by atoms with Gasteiger partial charge in [0.05, 0.1) is 0 Å². The quantitative estimate of drug-likeness (QED) is 0.901. The molecule has 1 saturated heterocycles. The molecule has 1 aliphatic heterocycles. The van der Waals surface area contributed by atoms with E-state index >= 15 is 0 Å². The van der Waals surface area contributed by atoms with E-state index in [1.54, 1.807) is 0 Å². The maximum Gasteiger partial charge on any atom is 0.0450 e. The van der Waals surface area contributed by atoms with E-state index in [0.717, 1.165) is 6.54 Å². The highest BCUT2D eigenvalue weighted by Crippen LogP contribution is 2.38. The zero-order valence-electron chi connectivity index (χ0n) is 12.9. The molecule has 0 spiro atoms. The Hall–Kier alpha value is -0.860. The lowest BCUT2D eigenvalue weighted by Crippen LogP contribution is -2.60. The zero-order valence-corrected chi connectivity index (χ0v) is 12.9. The molecule has 0 aromatic heterocycles. The number of hydrogen-bond donors (Lipinski definition) is 1. The smallest absolute Gasteiger partial charge is 0.0450 e. The summed E-state index contributed by atoms with van der Waals surface area (Å²) in [7, 11) is 0. The second kappa shape index (κ2) is 5.87. The van der Waals surface area contributed by atoms with E-state index in [1.165, 1.54) is 44.2 Å². The van der Waals surface area contributed by atoms with E-state index in [0.29, 0.717) is 17.6 Å². The number of rotatable bonds is 3. The lowest BCUT2D eigenvalue weighted by atomic mass is 9.90. The summed E-state index contributed by atoms with van der Waals surface area (Å²) in [6, 6.07) is 12.2. The molecule has 2 unspecified atom stereocenters. The monoisotopic (exact) mass is 272 g/mol. The highest BCUT2D eigenvalue weighted by Gasteiger charge is 2.41. The Morgan fingerprint density at radius 3 is 2.55 bits per heavy atom. The molecule has 1 heterocycles. The van der Waals surface area contributed by atoms with Crippen LogP contribution in [0.2, 0.25) is 0 Å². The Bertz CT molecular complexity index is 422. The van der Waals surface area contributed by atoms with E-state index in [4.69, 9.17) is 0 Å². The highest BCUT2D eigenvalue weighted by atomic mass is 15.3. The molecule has 1 aromatic rings. The fraction of sp³-hybridized carbons (Fsp3) is 0.667. The van der Waals surface area contributed by atoms with Gasteiger partial charge in [0.15, 0.2) is 0 Å². The summed E-state index contributed by atoms with van der Waals surface area (Å²) in [5.41, 5.74) is 1.88. The van der Waals surface area contributed by atoms with Crippen LogP contribution in [0.5, 0.6) is 0 Å². The molecule has 2 nitrogen and oxygen atoms in total. The molecular formula is C18H28N2. The summed E-state index contributed by atoms with van der Waals surface area (Å²) in [5, 5.41) is 3.77. The Morgan fingerprint density at radius 1 is 1.20 bits per heavy atom. The summed E-state index contributed by atoms with van der Waals surface area (Å²) >= 11 is 0. The van der Waals surface area contributed by atoms with Crippen molar-refractivity contribution in [2.75, 3.05) is 13.1 Å². The summed E-state index contributed by atoms with van der Waals surface area (Å²) in [6.45, 7) is 7.13. The van der Waals surface area contributed by atoms with Crippen molar-refractivity contribution in [3.8, 4) is 0 Å². The fourth-order valence-electron chi connectivity index (χ4n) is 4.16. The summed E-state index contributed by atoms with van der Waals surface area (Å²) in [5.74, 6) is 0. The van der Waals surface area contributed by atoms with Gasteiger partial charge in [0.25, 0.3) is 0 Å². The number of benzene rings is 1. The zero-order chi connectivity index (χ0) is 14.0. The number of hydrogen-bond acceptors (Lipinski definition) is 2. The molecule has 3 rings (SSSR count). The summed E-state index contributed by atoms with van der Waals surface area (Å²) < 4.78 is 0. The van der Waals surface area contributed by atoms with Crippen LogP contribution in [0.25, 0.3) is 0 Å². The first-order chi connectivity index (χ1) is 9.73. The Kier molecular flexibility index (Phi) is 4.13. The molecule has 1 N–H and O–H groups in total. The van der Waals surface area contributed by atoms with Crippen LogP contribution in [0.3, 0.4) is 0 Å². The van der Waals surface area contributed by atoms with Gasteiger partial charge in [-0.15, -0.1) is 0 Å². The van der Waals surface area contributed by atoms with E-state index in [9.17, 15) is 0 Å². The molecule has 1 aromatic carbocycles. The molecule has 2 fully saturated rings. The second-order valence-electron chi connectivity index (χ2n) is 6.79. The van der Waals surface area contributed by atoms with Crippen LogP contribution in [0.4, 0.5) is 0 Å². The summed E-state index contributed by atoms with van der Waals surface area (Å²) in [4.78, 5) is 2.83. The third kappa shape index (κ3) is 2.64. The molecule has 1 saturated carbocycles. The van der Waals surface area contributed by atoms with Gasteiger partial charge in [-0.1, -0.05) is 50.1 Å². The first-order valence-electron chi connectivity index (χ1n) is 8.28. The molecule has 2 atom stereocenters. The van der Waals surface area contributed by atoms with E-state index in [2.05, 4.69) is 54.4 Å². The van der Waals surface area contributed by atoms with Crippen LogP contribution < -0.4 is 5.32 Å². The van der Waals surface area contributed by atoms with Gasteiger partial charge < -0.3 is 5.32 Å². The van der Waals surface area contributed by atoms with Gasteiger partial charge in [-0.05, 0) is 31.7 Å². The van der Waals surface area contributed by atoms with Gasteiger partial charge in [-0.3, -0.25) is 4.90 Å². The molecular weight excluding hydrogens is 244 g/mol. The van der Waals surface area contributed by atoms with Crippen molar-refractivity contribution in [2.45, 2.75) is 63.6 Å². The van der Waals surface area contributed by atoms with Crippen molar-refractivity contribution < 1.29 is 0 Å². The summed E-state index contributed by atoms with van der Waals surface area (Å²) in [6.07, 6.45) is 6.83. The van der Waals surface area contributed by atoms with Gasteiger partial charge in [0.1, 0.15) is 0 Å². The van der Waals surface area contributed by atoms with Gasteiger partial charge in [0, 0.05) is 30.7 Å². The normalized spacial score (nSPS) is 30.5. The Morgan fingerprint density at radius 2 is 1.90 bits per heavy atom. The first kappa shape index (κ1) is 14.1. The molecule has 0 bridgehead atoms. The topological polar surface area (TPSA) is 15.3 Å². The van der Waals surface area contributed by atoms with Crippen molar-refractivity contribution in [3.05, 3.63) is 35.9 Å². The fourth-order valence-corrected chi connectivity index (χ4v) is 4.16. The lowest BCUT2D eigenvalue weighted by Gasteiger charge is -2.49. The number of piperazine rings is 1. The largest absolute Gasteiger partial charge is 0.307 e. The average molecular weight is 272 g/mol. The van der Waals surface area contributed by atoms with Crippen LogP contribution in [-0.2, 0) is 0 Å². The van der Waals surface area contributed by atoms with Crippen LogP contribution in [0.15, 0.2) is 30.3 Å². The standard InChI is InChI=1S/C18H28N2/c1-3-16-13-19-17(15-9-5-4-6-10-15)14-20(16)18(2)11-7-8-12-18/h4-6,9-10,16-17,19H,3,7-8,11-14H2,1-2H3. The predicted octanol–water partition coefficient (Wildman–Crippen LogP) is 3.74. The molecule has 2 aliphatic rings. The highest BCUT2D eigenvalue weighted by molar-refractivity contribution is 5.20. The van der Waals surface area contributed by atoms with Crippen molar-refractivity contribution >= 4 is 0 Å². The minimum absolute atomic E-state index is 0.440. The Balaban J connectivity index is 1.79. The molecule has 1 aliphatic carbocycles. The minimum Gasteiger partial charge on any atom is -0.307 e. The van der Waals surface area contributed by atoms with E-state index in [-0.39, 0.29) is 0 Å². The third-order valence-electron chi connectivity index (χ3n) is 5.47. The van der Waals surface area contributed by atoms with Crippen molar-refractivity contribution in [2.24, 2.45) is 0 Å². The molecule has 110 valence electrons. The molecule has 2 heteroatoms. The van der Waals surface area contributed by atoms with Crippen molar-refractivity contribution in [1.29, 1.82) is 0 Å². The molecule has 20 heavy (non-hydrogen) atoms. The van der Waals surface area contributed by atoms with Gasteiger partial charge in [-0.25, -0.2) is 0 Å². The van der Waals surface area contributed by atoms with E-state index in [1.807, 2.05) is 0 Å². The van der Waals surface area contributed by atoms with Gasteiger partial charge in [0.2, 0.25) is 0 Å². The number of nitrogens with one attached hydrogen (secondary N) is 1. The van der Waals surface area contributed by atoms with Crippen LogP contribution in [-0.4, -0.2) is 29.6 Å². The third-order valence-corrected chi connectivity index (χ3v) is 5.47. The maximum atomic E-state index is 3.77. The SMILES string of the molecule is CCC1CNC(c2ccccc2)CN1C1(C)CCCC1. The van der Waals surface area contributed by atoms with Crippen molar-refractivity contribution in [3.63, 3.8) is 0 Å².